The van der Waals surface area contributed by atoms with Crippen molar-refractivity contribution < 1.29 is 4.74 Å². The van der Waals surface area contributed by atoms with Crippen molar-refractivity contribution in [3.8, 4) is 16.9 Å². The average Bonchev–Trinajstić information content (AvgIpc) is 2.40. The monoisotopic (exact) mass is 226 g/mol. The first-order valence-corrected chi connectivity index (χ1v) is 6.11. The van der Waals surface area contributed by atoms with Crippen LogP contribution in [-0.4, -0.2) is 6.10 Å². The van der Waals surface area contributed by atoms with E-state index in [4.69, 9.17) is 4.74 Å². The quantitative estimate of drug-likeness (QED) is 0.744. The Kier molecular flexibility index (Phi) is 3.81. The van der Waals surface area contributed by atoms with Crippen LogP contribution in [0.1, 0.15) is 20.3 Å². The van der Waals surface area contributed by atoms with Gasteiger partial charge in [-0.3, -0.25) is 0 Å². The number of ether oxygens (including phenoxy) is 1. The lowest BCUT2D eigenvalue weighted by molar-refractivity contribution is 0.217. The molecule has 0 saturated heterocycles. The largest absolute Gasteiger partial charge is 0.491 e. The minimum absolute atomic E-state index is 0.276. The fourth-order valence-electron chi connectivity index (χ4n) is 1.67. The van der Waals surface area contributed by atoms with Gasteiger partial charge in [-0.25, -0.2) is 0 Å². The van der Waals surface area contributed by atoms with E-state index in [9.17, 15) is 0 Å². The minimum atomic E-state index is 0.276. The van der Waals surface area contributed by atoms with Crippen LogP contribution in [0.15, 0.2) is 54.6 Å². The number of hydrogen-bond donors (Lipinski definition) is 0. The number of rotatable bonds is 4. The van der Waals surface area contributed by atoms with Crippen molar-refractivity contribution in [2.45, 2.75) is 26.4 Å². The maximum absolute atomic E-state index is 5.75. The fraction of sp³-hybridized carbons (Fsp3) is 0.250. The van der Waals surface area contributed by atoms with E-state index in [0.717, 1.165) is 12.2 Å². The van der Waals surface area contributed by atoms with E-state index >= 15 is 0 Å². The first-order valence-electron chi connectivity index (χ1n) is 6.11. The molecule has 0 heterocycles. The summed E-state index contributed by atoms with van der Waals surface area (Å²) in [7, 11) is 0. The molecule has 2 aromatic carbocycles. The summed E-state index contributed by atoms with van der Waals surface area (Å²) in [4.78, 5) is 0. The topological polar surface area (TPSA) is 9.23 Å². The van der Waals surface area contributed by atoms with E-state index in [-0.39, 0.29) is 6.10 Å². The SMILES string of the molecule is CCC(C)Oc1ccc(-c2ccccc2)cc1. The molecule has 2 rings (SSSR count). The molecule has 2 aromatic rings. The van der Waals surface area contributed by atoms with Crippen molar-refractivity contribution in [1.29, 1.82) is 0 Å². The van der Waals surface area contributed by atoms with E-state index in [1.807, 2.05) is 18.2 Å². The van der Waals surface area contributed by atoms with Crippen LogP contribution in [0.3, 0.4) is 0 Å². The van der Waals surface area contributed by atoms with Gasteiger partial charge in [0.2, 0.25) is 0 Å². The Hall–Kier alpha value is -1.76. The van der Waals surface area contributed by atoms with Gasteiger partial charge in [-0.15, -0.1) is 0 Å². The summed E-state index contributed by atoms with van der Waals surface area (Å²) in [5.74, 6) is 0.944. The van der Waals surface area contributed by atoms with Crippen molar-refractivity contribution in [2.24, 2.45) is 0 Å². The Labute approximate surface area is 103 Å². The molecule has 0 fully saturated rings. The summed E-state index contributed by atoms with van der Waals surface area (Å²) < 4.78 is 5.75. The Bertz CT molecular complexity index is 445. The molecule has 0 amide bonds. The Morgan fingerprint density at radius 2 is 1.47 bits per heavy atom. The zero-order valence-corrected chi connectivity index (χ0v) is 10.4. The summed E-state index contributed by atoms with van der Waals surface area (Å²) in [6.07, 6.45) is 1.30. The van der Waals surface area contributed by atoms with Gasteiger partial charge in [0.25, 0.3) is 0 Å². The van der Waals surface area contributed by atoms with E-state index in [0.29, 0.717) is 0 Å². The molecule has 0 aliphatic carbocycles. The molecular weight excluding hydrogens is 208 g/mol. The highest BCUT2D eigenvalue weighted by Crippen LogP contribution is 2.22. The van der Waals surface area contributed by atoms with Crippen molar-refractivity contribution in [2.75, 3.05) is 0 Å². The van der Waals surface area contributed by atoms with Crippen LogP contribution in [0.5, 0.6) is 5.75 Å². The van der Waals surface area contributed by atoms with Gasteiger partial charge < -0.3 is 4.74 Å². The molecule has 0 bridgehead atoms. The predicted molar refractivity (Wildman–Crippen MR) is 72.3 cm³/mol. The summed E-state index contributed by atoms with van der Waals surface area (Å²) in [5.41, 5.74) is 2.46. The Balaban J connectivity index is 2.13. The number of benzene rings is 2. The molecule has 0 aliphatic rings. The third-order valence-corrected chi connectivity index (χ3v) is 2.87. The molecular formula is C16H18O. The zero-order chi connectivity index (χ0) is 12.1. The van der Waals surface area contributed by atoms with Crippen molar-refractivity contribution in [3.63, 3.8) is 0 Å². The highest BCUT2D eigenvalue weighted by molar-refractivity contribution is 5.63. The normalized spacial score (nSPS) is 12.1. The molecule has 1 atom stereocenters. The Morgan fingerprint density at radius 3 is 2.06 bits per heavy atom. The first kappa shape index (κ1) is 11.7. The van der Waals surface area contributed by atoms with Gasteiger partial charge >= 0.3 is 0 Å². The molecule has 0 aromatic heterocycles. The second-order valence-corrected chi connectivity index (χ2v) is 4.23. The van der Waals surface area contributed by atoms with Gasteiger partial charge in [0.15, 0.2) is 0 Å². The lowest BCUT2D eigenvalue weighted by Gasteiger charge is -2.12. The molecule has 1 heteroatoms. The molecule has 0 radical (unpaired) electrons. The predicted octanol–water partition coefficient (Wildman–Crippen LogP) is 4.53. The molecule has 0 aliphatic heterocycles. The Morgan fingerprint density at radius 1 is 0.882 bits per heavy atom. The van der Waals surface area contributed by atoms with Crippen LogP contribution in [0.4, 0.5) is 0 Å². The van der Waals surface area contributed by atoms with Gasteiger partial charge in [0.1, 0.15) is 5.75 Å². The zero-order valence-electron chi connectivity index (χ0n) is 10.4. The first-order chi connectivity index (χ1) is 8.29. The second kappa shape index (κ2) is 5.53. The van der Waals surface area contributed by atoms with Gasteiger partial charge in [-0.2, -0.15) is 0 Å². The van der Waals surface area contributed by atoms with Crippen molar-refractivity contribution in [1.82, 2.24) is 0 Å². The van der Waals surface area contributed by atoms with E-state index < -0.39 is 0 Å². The molecule has 0 saturated carbocycles. The van der Waals surface area contributed by atoms with E-state index in [1.165, 1.54) is 11.1 Å². The molecule has 88 valence electrons. The minimum Gasteiger partial charge on any atom is -0.491 e. The summed E-state index contributed by atoms with van der Waals surface area (Å²) in [5, 5.41) is 0. The van der Waals surface area contributed by atoms with Crippen LogP contribution < -0.4 is 4.74 Å². The third kappa shape index (κ3) is 3.10. The number of hydrogen-bond acceptors (Lipinski definition) is 1. The van der Waals surface area contributed by atoms with Gasteiger partial charge in [0, 0.05) is 0 Å². The average molecular weight is 226 g/mol. The highest BCUT2D eigenvalue weighted by Gasteiger charge is 2.01. The van der Waals surface area contributed by atoms with Crippen molar-refractivity contribution in [3.05, 3.63) is 54.6 Å². The molecule has 0 N–H and O–H groups in total. The van der Waals surface area contributed by atoms with Crippen LogP contribution in [0.25, 0.3) is 11.1 Å². The summed E-state index contributed by atoms with van der Waals surface area (Å²) >= 11 is 0. The van der Waals surface area contributed by atoms with Crippen molar-refractivity contribution >= 4 is 0 Å². The second-order valence-electron chi connectivity index (χ2n) is 4.23. The molecule has 1 unspecified atom stereocenters. The lowest BCUT2D eigenvalue weighted by atomic mass is 10.1. The maximum Gasteiger partial charge on any atom is 0.119 e. The molecule has 17 heavy (non-hydrogen) atoms. The van der Waals surface area contributed by atoms with Gasteiger partial charge in [-0.05, 0) is 36.6 Å². The van der Waals surface area contributed by atoms with Crippen LogP contribution >= 0.6 is 0 Å². The van der Waals surface area contributed by atoms with Gasteiger partial charge in [0.05, 0.1) is 6.10 Å². The third-order valence-electron chi connectivity index (χ3n) is 2.87. The summed E-state index contributed by atoms with van der Waals surface area (Å²) in [6, 6.07) is 18.7. The van der Waals surface area contributed by atoms with Crippen LogP contribution in [0.2, 0.25) is 0 Å². The maximum atomic E-state index is 5.75. The lowest BCUT2D eigenvalue weighted by Crippen LogP contribution is -2.09. The standard InChI is InChI=1S/C16H18O/c1-3-13(2)17-16-11-9-15(10-12-16)14-7-5-4-6-8-14/h4-13H,3H2,1-2H3. The van der Waals surface area contributed by atoms with Gasteiger partial charge in [-0.1, -0.05) is 49.4 Å². The molecule has 1 nitrogen and oxygen atoms in total. The smallest absolute Gasteiger partial charge is 0.119 e. The van der Waals surface area contributed by atoms with E-state index in [1.54, 1.807) is 0 Å². The fourth-order valence-corrected chi connectivity index (χ4v) is 1.67. The summed E-state index contributed by atoms with van der Waals surface area (Å²) in [6.45, 7) is 4.22. The van der Waals surface area contributed by atoms with E-state index in [2.05, 4.69) is 50.2 Å². The highest BCUT2D eigenvalue weighted by atomic mass is 16.5. The van der Waals surface area contributed by atoms with Crippen LogP contribution in [-0.2, 0) is 0 Å². The van der Waals surface area contributed by atoms with Crippen LogP contribution in [0, 0.1) is 0 Å². The molecule has 0 spiro atoms.